The zero-order valence-corrected chi connectivity index (χ0v) is 11.7. The van der Waals surface area contributed by atoms with Crippen LogP contribution in [0.5, 0.6) is 0 Å². The van der Waals surface area contributed by atoms with Crippen LogP contribution in [0.25, 0.3) is 0 Å². The number of benzene rings is 1. The van der Waals surface area contributed by atoms with Gasteiger partial charge in [0.25, 0.3) is 0 Å². The number of halogens is 2. The highest BCUT2D eigenvalue weighted by Crippen LogP contribution is 2.27. The minimum absolute atomic E-state index is 0.522. The van der Waals surface area contributed by atoms with Crippen molar-refractivity contribution >= 4 is 23.2 Å². The lowest BCUT2D eigenvalue weighted by Gasteiger charge is -2.39. The van der Waals surface area contributed by atoms with Crippen molar-refractivity contribution in [2.75, 3.05) is 13.1 Å². The molecule has 1 aliphatic rings. The summed E-state index contributed by atoms with van der Waals surface area (Å²) in [6.07, 6.45) is 0. The second-order valence-electron chi connectivity index (χ2n) is 4.74. The average Bonchev–Trinajstić information content (AvgIpc) is 2.29. The zero-order valence-electron chi connectivity index (χ0n) is 10.2. The van der Waals surface area contributed by atoms with Gasteiger partial charge in [0, 0.05) is 31.7 Å². The topological polar surface area (TPSA) is 15.3 Å². The van der Waals surface area contributed by atoms with Gasteiger partial charge in [0.1, 0.15) is 0 Å². The van der Waals surface area contributed by atoms with Crippen LogP contribution in [0.3, 0.4) is 0 Å². The largest absolute Gasteiger partial charge is 0.314 e. The van der Waals surface area contributed by atoms with Crippen LogP contribution in [0.4, 0.5) is 0 Å². The van der Waals surface area contributed by atoms with Gasteiger partial charge in [0.2, 0.25) is 0 Å². The number of nitrogens with zero attached hydrogens (tertiary/aromatic N) is 1. The van der Waals surface area contributed by atoms with Crippen molar-refractivity contribution in [3.05, 3.63) is 33.8 Å². The maximum Gasteiger partial charge on any atom is 0.0637 e. The van der Waals surface area contributed by atoms with Crippen LogP contribution in [0.2, 0.25) is 10.0 Å². The van der Waals surface area contributed by atoms with Gasteiger partial charge in [-0.15, -0.1) is 0 Å². The molecule has 2 atom stereocenters. The minimum Gasteiger partial charge on any atom is -0.314 e. The second-order valence-corrected chi connectivity index (χ2v) is 5.53. The minimum atomic E-state index is 0.522. The highest BCUT2D eigenvalue weighted by Gasteiger charge is 2.24. The predicted octanol–water partition coefficient (Wildman–Crippen LogP) is 3.18. The summed E-state index contributed by atoms with van der Waals surface area (Å²) in [6, 6.07) is 6.89. The van der Waals surface area contributed by atoms with Gasteiger partial charge in [0.15, 0.2) is 0 Å². The molecule has 1 N–H and O–H groups in total. The number of piperazine rings is 1. The van der Waals surface area contributed by atoms with Crippen molar-refractivity contribution < 1.29 is 0 Å². The van der Waals surface area contributed by atoms with E-state index >= 15 is 0 Å². The lowest BCUT2D eigenvalue weighted by Crippen LogP contribution is -2.54. The van der Waals surface area contributed by atoms with Crippen molar-refractivity contribution in [2.24, 2.45) is 0 Å². The number of hydrogen-bond acceptors (Lipinski definition) is 2. The van der Waals surface area contributed by atoms with Crippen LogP contribution in [-0.2, 0) is 6.54 Å². The summed E-state index contributed by atoms with van der Waals surface area (Å²) in [5.41, 5.74) is 1.11. The fourth-order valence-electron chi connectivity index (χ4n) is 2.35. The average molecular weight is 273 g/mol. The first-order valence-corrected chi connectivity index (χ1v) is 6.74. The normalized spacial score (nSPS) is 26.1. The van der Waals surface area contributed by atoms with E-state index < -0.39 is 0 Å². The van der Waals surface area contributed by atoms with Crippen molar-refractivity contribution in [3.8, 4) is 0 Å². The molecule has 0 spiro atoms. The van der Waals surface area contributed by atoms with E-state index in [-0.39, 0.29) is 0 Å². The third-order valence-corrected chi connectivity index (χ3v) is 4.25. The van der Waals surface area contributed by atoms with Gasteiger partial charge >= 0.3 is 0 Å². The number of hydrogen-bond donors (Lipinski definition) is 1. The molecule has 0 radical (unpaired) electrons. The van der Waals surface area contributed by atoms with Gasteiger partial charge in [0.05, 0.1) is 10.0 Å². The van der Waals surface area contributed by atoms with Crippen molar-refractivity contribution in [1.29, 1.82) is 0 Å². The van der Waals surface area contributed by atoms with E-state index in [0.29, 0.717) is 22.1 Å². The lowest BCUT2D eigenvalue weighted by atomic mass is 10.1. The maximum absolute atomic E-state index is 6.23. The van der Waals surface area contributed by atoms with Crippen molar-refractivity contribution in [1.82, 2.24) is 10.2 Å². The highest BCUT2D eigenvalue weighted by molar-refractivity contribution is 6.42. The smallest absolute Gasteiger partial charge is 0.0637 e. The Hall–Kier alpha value is -0.280. The molecule has 0 bridgehead atoms. The van der Waals surface area contributed by atoms with E-state index in [4.69, 9.17) is 23.2 Å². The summed E-state index contributed by atoms with van der Waals surface area (Å²) in [5, 5.41) is 4.75. The molecule has 1 saturated heterocycles. The highest BCUT2D eigenvalue weighted by atomic mass is 35.5. The van der Waals surface area contributed by atoms with Gasteiger partial charge in [-0.05, 0) is 25.5 Å². The summed E-state index contributed by atoms with van der Waals surface area (Å²) in [6.45, 7) is 7.40. The molecule has 2 unspecified atom stereocenters. The van der Waals surface area contributed by atoms with Gasteiger partial charge < -0.3 is 5.32 Å². The van der Waals surface area contributed by atoms with Gasteiger partial charge in [-0.25, -0.2) is 0 Å². The molecule has 2 nitrogen and oxygen atoms in total. The van der Waals surface area contributed by atoms with E-state index in [0.717, 1.165) is 25.2 Å². The molecular weight excluding hydrogens is 255 g/mol. The summed E-state index contributed by atoms with van der Waals surface area (Å²) in [4.78, 5) is 2.47. The van der Waals surface area contributed by atoms with Gasteiger partial charge in [-0.2, -0.15) is 0 Å². The summed E-state index contributed by atoms with van der Waals surface area (Å²) in [5.74, 6) is 0. The summed E-state index contributed by atoms with van der Waals surface area (Å²) < 4.78 is 0. The molecule has 2 rings (SSSR count). The SMILES string of the molecule is CC1CNCC(C)N1Cc1cccc(Cl)c1Cl. The summed E-state index contributed by atoms with van der Waals surface area (Å²) in [7, 11) is 0. The van der Waals surface area contributed by atoms with E-state index in [2.05, 4.69) is 30.1 Å². The van der Waals surface area contributed by atoms with E-state index in [9.17, 15) is 0 Å². The van der Waals surface area contributed by atoms with Crippen LogP contribution in [-0.4, -0.2) is 30.1 Å². The first-order chi connectivity index (χ1) is 8.09. The van der Waals surface area contributed by atoms with Gasteiger partial charge in [-0.1, -0.05) is 35.3 Å². The van der Waals surface area contributed by atoms with Gasteiger partial charge in [-0.3, -0.25) is 4.90 Å². The molecular formula is C13H18Cl2N2. The Kier molecular flexibility index (Phi) is 4.31. The Morgan fingerprint density at radius 3 is 2.53 bits per heavy atom. The zero-order chi connectivity index (χ0) is 12.4. The molecule has 94 valence electrons. The predicted molar refractivity (Wildman–Crippen MR) is 73.8 cm³/mol. The van der Waals surface area contributed by atoms with Crippen LogP contribution < -0.4 is 5.32 Å². The monoisotopic (exact) mass is 272 g/mol. The first kappa shape index (κ1) is 13.2. The molecule has 0 aromatic heterocycles. The Morgan fingerprint density at radius 2 is 1.88 bits per heavy atom. The lowest BCUT2D eigenvalue weighted by molar-refractivity contribution is 0.109. The third kappa shape index (κ3) is 2.94. The molecule has 1 fully saturated rings. The van der Waals surface area contributed by atoms with Crippen LogP contribution >= 0.6 is 23.2 Å². The number of rotatable bonds is 2. The molecule has 1 aromatic carbocycles. The molecule has 1 aliphatic heterocycles. The van der Waals surface area contributed by atoms with E-state index in [1.807, 2.05) is 12.1 Å². The molecule has 17 heavy (non-hydrogen) atoms. The molecule has 0 amide bonds. The first-order valence-electron chi connectivity index (χ1n) is 5.99. The number of nitrogens with one attached hydrogen (secondary N) is 1. The Balaban J connectivity index is 2.16. The fraction of sp³-hybridized carbons (Fsp3) is 0.538. The van der Waals surface area contributed by atoms with Crippen molar-refractivity contribution in [3.63, 3.8) is 0 Å². The summed E-state index contributed by atoms with van der Waals surface area (Å²) >= 11 is 12.3. The van der Waals surface area contributed by atoms with Crippen LogP contribution in [0, 0.1) is 0 Å². The second kappa shape index (κ2) is 5.57. The Labute approximate surface area is 113 Å². The van der Waals surface area contributed by atoms with Crippen LogP contribution in [0.15, 0.2) is 18.2 Å². The van der Waals surface area contributed by atoms with E-state index in [1.54, 1.807) is 0 Å². The standard InChI is InChI=1S/C13H18Cl2N2/c1-9-6-16-7-10(2)17(9)8-11-4-3-5-12(14)13(11)15/h3-5,9-10,16H,6-8H2,1-2H3. The quantitative estimate of drug-likeness (QED) is 0.890. The van der Waals surface area contributed by atoms with E-state index in [1.165, 1.54) is 0 Å². The molecule has 1 aromatic rings. The Bertz CT molecular complexity index is 385. The van der Waals surface area contributed by atoms with Crippen molar-refractivity contribution in [2.45, 2.75) is 32.5 Å². The molecule has 4 heteroatoms. The molecule has 0 saturated carbocycles. The Morgan fingerprint density at radius 1 is 1.24 bits per heavy atom. The van der Waals surface area contributed by atoms with Crippen LogP contribution in [0.1, 0.15) is 19.4 Å². The maximum atomic E-state index is 6.23. The fourth-order valence-corrected chi connectivity index (χ4v) is 2.73. The molecule has 0 aliphatic carbocycles. The third-order valence-electron chi connectivity index (χ3n) is 3.40. The molecule has 1 heterocycles.